The zero-order valence-electron chi connectivity index (χ0n) is 11.1. The maximum absolute atomic E-state index is 12.5. The summed E-state index contributed by atoms with van der Waals surface area (Å²) in [5, 5.41) is 0. The van der Waals surface area contributed by atoms with E-state index in [0.717, 1.165) is 51.6 Å². The first kappa shape index (κ1) is 12.2. The van der Waals surface area contributed by atoms with Crippen LogP contribution in [0.5, 0.6) is 0 Å². The van der Waals surface area contributed by atoms with Gasteiger partial charge >= 0.3 is 0 Å². The number of ketones is 1. The highest BCUT2D eigenvalue weighted by atomic mass is 16.2. The molecule has 0 aromatic heterocycles. The summed E-state index contributed by atoms with van der Waals surface area (Å²) in [4.78, 5) is 26.6. The van der Waals surface area contributed by atoms with E-state index in [9.17, 15) is 9.59 Å². The highest BCUT2D eigenvalue weighted by Gasteiger charge is 2.42. The molecule has 1 heterocycles. The van der Waals surface area contributed by atoms with E-state index in [-0.39, 0.29) is 17.8 Å². The third-order valence-electron chi connectivity index (χ3n) is 5.06. The smallest absolute Gasteiger partial charge is 0.225 e. The molecule has 100 valence electrons. The fourth-order valence-electron chi connectivity index (χ4n) is 4.05. The number of piperidine rings is 1. The molecule has 3 rings (SSSR count). The summed E-state index contributed by atoms with van der Waals surface area (Å²) in [6, 6.07) is 0. The van der Waals surface area contributed by atoms with Crippen LogP contribution in [0.4, 0.5) is 0 Å². The van der Waals surface area contributed by atoms with E-state index in [0.29, 0.717) is 11.7 Å². The van der Waals surface area contributed by atoms with E-state index < -0.39 is 0 Å². The number of likely N-dealkylation sites (tertiary alicyclic amines) is 1. The Balaban J connectivity index is 1.66. The van der Waals surface area contributed by atoms with Crippen LogP contribution in [0.25, 0.3) is 0 Å². The second-order valence-corrected chi connectivity index (χ2v) is 6.28. The van der Waals surface area contributed by atoms with Gasteiger partial charge in [0, 0.05) is 30.8 Å². The van der Waals surface area contributed by atoms with E-state index in [2.05, 4.69) is 4.90 Å². The zero-order valence-corrected chi connectivity index (χ0v) is 11.1. The molecule has 2 unspecified atom stereocenters. The lowest BCUT2D eigenvalue weighted by atomic mass is 9.67. The van der Waals surface area contributed by atoms with Crippen LogP contribution < -0.4 is 0 Å². The monoisotopic (exact) mass is 249 g/mol. The molecule has 0 aromatic rings. The van der Waals surface area contributed by atoms with Crippen LogP contribution in [0.15, 0.2) is 0 Å². The Morgan fingerprint density at radius 1 is 0.944 bits per heavy atom. The minimum atomic E-state index is 0.149. The Hall–Kier alpha value is -0.860. The van der Waals surface area contributed by atoms with E-state index in [4.69, 9.17) is 0 Å². The minimum absolute atomic E-state index is 0.149. The molecule has 0 N–H and O–H groups in total. The lowest BCUT2D eigenvalue weighted by Crippen LogP contribution is -2.45. The third-order valence-corrected chi connectivity index (χ3v) is 5.06. The third kappa shape index (κ3) is 2.19. The molecule has 1 amide bonds. The summed E-state index contributed by atoms with van der Waals surface area (Å²) in [5.74, 6) is 1.37. The average molecular weight is 249 g/mol. The van der Waals surface area contributed by atoms with Gasteiger partial charge in [0.25, 0.3) is 0 Å². The van der Waals surface area contributed by atoms with E-state index >= 15 is 0 Å². The number of hydrogen-bond donors (Lipinski definition) is 0. The fraction of sp³-hybridized carbons (Fsp3) is 0.867. The number of hydrogen-bond acceptors (Lipinski definition) is 2. The molecule has 0 radical (unpaired) electrons. The second-order valence-electron chi connectivity index (χ2n) is 6.28. The van der Waals surface area contributed by atoms with Crippen molar-refractivity contribution in [2.75, 3.05) is 13.1 Å². The second kappa shape index (κ2) is 5.02. The lowest BCUT2D eigenvalue weighted by molar-refractivity contribution is -0.143. The van der Waals surface area contributed by atoms with Crippen molar-refractivity contribution in [1.29, 1.82) is 0 Å². The Bertz CT molecular complexity index is 330. The molecule has 3 nitrogen and oxygen atoms in total. The summed E-state index contributed by atoms with van der Waals surface area (Å²) in [5.41, 5.74) is 0. The number of nitrogens with zero attached hydrogens (tertiary/aromatic N) is 1. The first-order valence-electron chi connectivity index (χ1n) is 7.58. The molecule has 1 saturated heterocycles. The van der Waals surface area contributed by atoms with Crippen molar-refractivity contribution in [3.63, 3.8) is 0 Å². The molecule has 2 bridgehead atoms. The van der Waals surface area contributed by atoms with Gasteiger partial charge in [0.05, 0.1) is 0 Å². The number of Topliss-reactive ketones (excluding diaryl/α,β-unsaturated/α-hetero) is 1. The maximum Gasteiger partial charge on any atom is 0.225 e. The fourth-order valence-corrected chi connectivity index (χ4v) is 4.05. The average Bonchev–Trinajstić information content (AvgIpc) is 2.38. The van der Waals surface area contributed by atoms with Crippen molar-refractivity contribution in [3.05, 3.63) is 0 Å². The predicted octanol–water partition coefficient (Wildman–Crippen LogP) is 2.39. The lowest BCUT2D eigenvalue weighted by Gasteiger charge is -2.39. The van der Waals surface area contributed by atoms with Crippen molar-refractivity contribution in [2.45, 2.75) is 51.4 Å². The van der Waals surface area contributed by atoms with Gasteiger partial charge < -0.3 is 4.90 Å². The SMILES string of the molecule is O=C1C2CCCC1CC(C(=O)N1CCCCC1)C2. The highest BCUT2D eigenvalue weighted by Crippen LogP contribution is 2.40. The normalized spacial score (nSPS) is 36.6. The number of amides is 1. The standard InChI is InChI=1S/C15H23NO2/c17-14-11-5-4-6-12(14)10-13(9-11)15(18)16-7-2-1-3-8-16/h11-13H,1-10H2. The van der Waals surface area contributed by atoms with Gasteiger partial charge in [-0.05, 0) is 44.9 Å². The predicted molar refractivity (Wildman–Crippen MR) is 69.0 cm³/mol. The first-order valence-corrected chi connectivity index (χ1v) is 7.58. The Labute approximate surface area is 109 Å². The Morgan fingerprint density at radius 2 is 1.56 bits per heavy atom. The molecule has 3 fully saturated rings. The van der Waals surface area contributed by atoms with Gasteiger partial charge in [0.1, 0.15) is 5.78 Å². The number of carbonyl (C=O) groups excluding carboxylic acids is 2. The minimum Gasteiger partial charge on any atom is -0.342 e. The maximum atomic E-state index is 12.5. The van der Waals surface area contributed by atoms with Crippen LogP contribution in [0, 0.1) is 17.8 Å². The number of rotatable bonds is 1. The van der Waals surface area contributed by atoms with Crippen molar-refractivity contribution in [1.82, 2.24) is 4.90 Å². The molecular weight excluding hydrogens is 226 g/mol. The van der Waals surface area contributed by atoms with Gasteiger partial charge in [-0.3, -0.25) is 9.59 Å². The van der Waals surface area contributed by atoms with Crippen molar-refractivity contribution >= 4 is 11.7 Å². The van der Waals surface area contributed by atoms with Gasteiger partial charge in [-0.2, -0.15) is 0 Å². The van der Waals surface area contributed by atoms with Crippen LogP contribution in [0.2, 0.25) is 0 Å². The van der Waals surface area contributed by atoms with Gasteiger partial charge in [0.2, 0.25) is 5.91 Å². The summed E-state index contributed by atoms with van der Waals surface area (Å²) in [6.45, 7) is 1.89. The summed E-state index contributed by atoms with van der Waals surface area (Å²) in [6.07, 6.45) is 8.49. The summed E-state index contributed by atoms with van der Waals surface area (Å²) in [7, 11) is 0. The Morgan fingerprint density at radius 3 is 2.17 bits per heavy atom. The quantitative estimate of drug-likeness (QED) is 0.715. The number of fused-ring (bicyclic) bond motifs is 2. The molecule has 2 aliphatic carbocycles. The Kier molecular flexibility index (Phi) is 3.40. The van der Waals surface area contributed by atoms with Crippen LogP contribution in [-0.4, -0.2) is 29.7 Å². The van der Waals surface area contributed by atoms with Gasteiger partial charge in [-0.15, -0.1) is 0 Å². The largest absolute Gasteiger partial charge is 0.342 e. The van der Waals surface area contributed by atoms with Crippen LogP contribution >= 0.6 is 0 Å². The molecule has 18 heavy (non-hydrogen) atoms. The highest BCUT2D eigenvalue weighted by molar-refractivity contribution is 5.88. The number of carbonyl (C=O) groups is 2. The summed E-state index contributed by atoms with van der Waals surface area (Å²) >= 11 is 0. The van der Waals surface area contributed by atoms with Crippen molar-refractivity contribution < 1.29 is 9.59 Å². The molecule has 2 saturated carbocycles. The molecule has 2 atom stereocenters. The van der Waals surface area contributed by atoms with Crippen LogP contribution in [-0.2, 0) is 9.59 Å². The molecule has 3 heteroatoms. The van der Waals surface area contributed by atoms with Crippen molar-refractivity contribution in [3.8, 4) is 0 Å². The van der Waals surface area contributed by atoms with Crippen LogP contribution in [0.1, 0.15) is 51.4 Å². The molecular formula is C15H23NO2. The van der Waals surface area contributed by atoms with E-state index in [1.165, 1.54) is 12.8 Å². The molecule has 0 spiro atoms. The first-order chi connectivity index (χ1) is 8.75. The van der Waals surface area contributed by atoms with Gasteiger partial charge in [-0.25, -0.2) is 0 Å². The van der Waals surface area contributed by atoms with Gasteiger partial charge in [0.15, 0.2) is 0 Å². The van der Waals surface area contributed by atoms with E-state index in [1.54, 1.807) is 0 Å². The molecule has 3 aliphatic rings. The van der Waals surface area contributed by atoms with Crippen molar-refractivity contribution in [2.24, 2.45) is 17.8 Å². The van der Waals surface area contributed by atoms with Crippen LogP contribution in [0.3, 0.4) is 0 Å². The summed E-state index contributed by atoms with van der Waals surface area (Å²) < 4.78 is 0. The topological polar surface area (TPSA) is 37.4 Å². The van der Waals surface area contributed by atoms with E-state index in [1.807, 2.05) is 0 Å². The molecule has 1 aliphatic heterocycles. The molecule has 0 aromatic carbocycles. The zero-order chi connectivity index (χ0) is 12.5. The van der Waals surface area contributed by atoms with Gasteiger partial charge in [-0.1, -0.05) is 6.42 Å².